The second-order valence-corrected chi connectivity index (χ2v) is 13.7. The summed E-state index contributed by atoms with van der Waals surface area (Å²) in [6, 6.07) is 0. The van der Waals surface area contributed by atoms with Gasteiger partial charge in [-0.05, 0) is 123 Å². The van der Waals surface area contributed by atoms with Gasteiger partial charge in [-0.25, -0.2) is 0 Å². The Kier molecular flexibility index (Phi) is 7.56. The fourth-order valence-corrected chi connectivity index (χ4v) is 10.1. The summed E-state index contributed by atoms with van der Waals surface area (Å²) in [6.45, 7) is 14.9. The minimum atomic E-state index is -0.0720. The molecule has 4 rings (SSSR count). The van der Waals surface area contributed by atoms with Crippen LogP contribution in [0.15, 0.2) is 12.2 Å². The summed E-state index contributed by atoms with van der Waals surface area (Å²) in [5.74, 6) is 6.79. The number of aliphatic hydroxyl groups is 1. The maximum atomic E-state index is 10.9. The molecule has 0 spiro atoms. The lowest BCUT2D eigenvalue weighted by Crippen LogP contribution is -2.56. The van der Waals surface area contributed by atoms with Crippen molar-refractivity contribution in [3.63, 3.8) is 0 Å². The van der Waals surface area contributed by atoms with Crippen molar-refractivity contribution < 1.29 is 5.11 Å². The van der Waals surface area contributed by atoms with E-state index in [4.69, 9.17) is 0 Å². The third-order valence-corrected chi connectivity index (χ3v) is 11.8. The molecule has 0 aromatic heterocycles. The summed E-state index contributed by atoms with van der Waals surface area (Å²) in [4.78, 5) is 0. The van der Waals surface area contributed by atoms with Crippen molar-refractivity contribution in [3.05, 3.63) is 12.2 Å². The van der Waals surface area contributed by atoms with Crippen LogP contribution in [0, 0.1) is 58.2 Å². The molecule has 0 radical (unpaired) electrons. The van der Waals surface area contributed by atoms with Crippen LogP contribution in [0.5, 0.6) is 0 Å². The van der Waals surface area contributed by atoms with E-state index >= 15 is 0 Å². The largest absolute Gasteiger partial charge is 0.393 e. The van der Waals surface area contributed by atoms with Crippen molar-refractivity contribution in [1.82, 2.24) is 0 Å². The van der Waals surface area contributed by atoms with E-state index in [0.717, 1.165) is 54.3 Å². The predicted octanol–water partition coefficient (Wildman–Crippen LogP) is 8.66. The summed E-state index contributed by atoms with van der Waals surface area (Å²) in [5.41, 5.74) is 1.07. The van der Waals surface area contributed by atoms with Gasteiger partial charge in [0.1, 0.15) is 0 Å². The average molecular weight is 443 g/mol. The first-order valence-electron chi connectivity index (χ1n) is 14.5. The molecule has 4 saturated carbocycles. The highest BCUT2D eigenvalue weighted by molar-refractivity contribution is 5.11. The molecule has 4 aliphatic carbocycles. The molecular formula is C31H54O. The normalized spacial score (nSPS) is 47.3. The van der Waals surface area contributed by atoms with E-state index in [1.807, 2.05) is 0 Å². The highest BCUT2D eigenvalue weighted by atomic mass is 16.3. The number of hydrogen-bond acceptors (Lipinski definition) is 1. The quantitative estimate of drug-likeness (QED) is 0.391. The van der Waals surface area contributed by atoms with Gasteiger partial charge < -0.3 is 5.11 Å². The maximum Gasteiger partial charge on any atom is 0.0574 e. The Bertz CT molecular complexity index is 651. The van der Waals surface area contributed by atoms with Crippen LogP contribution in [0.4, 0.5) is 0 Å². The van der Waals surface area contributed by atoms with Crippen molar-refractivity contribution >= 4 is 0 Å². The maximum absolute atomic E-state index is 10.9. The number of rotatable bonds is 7. The summed E-state index contributed by atoms with van der Waals surface area (Å²) in [5, 5.41) is 10.9. The molecule has 0 amide bonds. The summed E-state index contributed by atoms with van der Waals surface area (Å²) >= 11 is 0. The number of hydrogen-bond donors (Lipinski definition) is 1. The Morgan fingerprint density at radius 1 is 0.844 bits per heavy atom. The van der Waals surface area contributed by atoms with Gasteiger partial charge in [-0.2, -0.15) is 0 Å². The summed E-state index contributed by atoms with van der Waals surface area (Å²) in [7, 11) is 0. The number of allylic oxidation sites excluding steroid dienone is 2. The molecule has 1 N–H and O–H groups in total. The first-order valence-corrected chi connectivity index (χ1v) is 14.5. The van der Waals surface area contributed by atoms with Gasteiger partial charge in [0.15, 0.2) is 0 Å². The van der Waals surface area contributed by atoms with E-state index in [1.54, 1.807) is 0 Å². The Hall–Kier alpha value is -0.300. The highest BCUT2D eigenvalue weighted by Gasteiger charge is 2.61. The molecule has 0 aliphatic heterocycles. The topological polar surface area (TPSA) is 20.2 Å². The van der Waals surface area contributed by atoms with Crippen molar-refractivity contribution in [3.8, 4) is 0 Å². The van der Waals surface area contributed by atoms with Crippen LogP contribution in [0.3, 0.4) is 0 Å². The lowest BCUT2D eigenvalue weighted by molar-refractivity contribution is -0.152. The molecule has 184 valence electrons. The van der Waals surface area contributed by atoms with Gasteiger partial charge in [-0.1, -0.05) is 66.0 Å². The summed E-state index contributed by atoms with van der Waals surface area (Å²) < 4.78 is 0. The van der Waals surface area contributed by atoms with E-state index in [9.17, 15) is 5.11 Å². The predicted molar refractivity (Wildman–Crippen MR) is 137 cm³/mol. The van der Waals surface area contributed by atoms with Crippen LogP contribution in [0.1, 0.15) is 119 Å². The van der Waals surface area contributed by atoms with E-state index in [2.05, 4.69) is 53.7 Å². The first kappa shape index (κ1) is 24.8. The molecule has 0 aromatic carbocycles. The van der Waals surface area contributed by atoms with Crippen molar-refractivity contribution in [2.45, 2.75) is 125 Å². The molecule has 10 atom stereocenters. The minimum absolute atomic E-state index is 0.0720. The van der Waals surface area contributed by atoms with Gasteiger partial charge in [-0.3, -0.25) is 0 Å². The molecule has 4 aliphatic rings. The smallest absolute Gasteiger partial charge is 0.0574 e. The Balaban J connectivity index is 1.48. The zero-order valence-corrected chi connectivity index (χ0v) is 22.3. The molecule has 0 aromatic rings. The van der Waals surface area contributed by atoms with Gasteiger partial charge in [0.25, 0.3) is 0 Å². The lowest BCUT2D eigenvalue weighted by Gasteiger charge is -2.62. The summed E-state index contributed by atoms with van der Waals surface area (Å²) in [6.07, 6.45) is 20.9. The monoisotopic (exact) mass is 442 g/mol. The van der Waals surface area contributed by atoms with Gasteiger partial charge in [0.05, 0.1) is 6.10 Å². The van der Waals surface area contributed by atoms with E-state index in [1.165, 1.54) is 64.2 Å². The highest BCUT2D eigenvalue weighted by Crippen LogP contribution is 2.69. The van der Waals surface area contributed by atoms with Gasteiger partial charge in [0.2, 0.25) is 0 Å². The van der Waals surface area contributed by atoms with Crippen LogP contribution in [-0.4, -0.2) is 11.2 Å². The Morgan fingerprint density at radius 2 is 1.53 bits per heavy atom. The fraction of sp³-hybridized carbons (Fsp3) is 0.935. The fourth-order valence-electron chi connectivity index (χ4n) is 10.1. The average Bonchev–Trinajstić information content (AvgIpc) is 3.10. The number of fused-ring (bicyclic) bond motifs is 5. The van der Waals surface area contributed by atoms with Crippen LogP contribution in [0.25, 0.3) is 0 Å². The van der Waals surface area contributed by atoms with Crippen LogP contribution in [0.2, 0.25) is 0 Å². The molecule has 4 fully saturated rings. The molecule has 32 heavy (non-hydrogen) atoms. The Morgan fingerprint density at radius 3 is 2.25 bits per heavy atom. The third kappa shape index (κ3) is 4.27. The molecule has 0 heterocycles. The van der Waals surface area contributed by atoms with E-state index in [-0.39, 0.29) is 6.10 Å². The lowest BCUT2D eigenvalue weighted by atomic mass is 9.43. The van der Waals surface area contributed by atoms with Crippen molar-refractivity contribution in [2.75, 3.05) is 0 Å². The zero-order chi connectivity index (χ0) is 23.1. The zero-order valence-electron chi connectivity index (χ0n) is 22.3. The van der Waals surface area contributed by atoms with Crippen LogP contribution < -0.4 is 0 Å². The van der Waals surface area contributed by atoms with E-state index in [0.29, 0.717) is 16.7 Å². The SMILES string of the molecule is C/C=C/C[C@@H]1[C@@H](O)CC[C@@]2(C)[C@H]1CC[C@@H]1[C@@H]2CC[C@]2(C)[C@@H]([C@H](C)CCCC(C)C)CC[C@@H]12. The van der Waals surface area contributed by atoms with Gasteiger partial charge in [-0.15, -0.1) is 0 Å². The second-order valence-electron chi connectivity index (χ2n) is 13.7. The molecule has 1 nitrogen and oxygen atoms in total. The van der Waals surface area contributed by atoms with E-state index < -0.39 is 0 Å². The molecule has 0 saturated heterocycles. The minimum Gasteiger partial charge on any atom is -0.393 e. The molecule has 0 bridgehead atoms. The molecule has 1 heteroatoms. The first-order chi connectivity index (χ1) is 15.2. The van der Waals surface area contributed by atoms with Crippen LogP contribution in [-0.2, 0) is 0 Å². The standard InChI is InChI=1S/C31H54O/c1-7-8-12-24-27-14-13-23-26-16-15-25(22(4)11-9-10-21(2)3)30(26,5)19-17-28(23)31(27,6)20-18-29(24)32/h7-8,21-29,32H,9-20H2,1-6H3/b8-7+/t22-,23+,24+,25-,26+,27+,28+,29+,30-,31+/m1/s1. The molecular weight excluding hydrogens is 388 g/mol. The van der Waals surface area contributed by atoms with Gasteiger partial charge >= 0.3 is 0 Å². The van der Waals surface area contributed by atoms with Crippen LogP contribution >= 0.6 is 0 Å². The van der Waals surface area contributed by atoms with Gasteiger partial charge in [0, 0.05) is 0 Å². The van der Waals surface area contributed by atoms with Crippen molar-refractivity contribution in [1.29, 1.82) is 0 Å². The van der Waals surface area contributed by atoms with Crippen molar-refractivity contribution in [2.24, 2.45) is 58.2 Å². The molecule has 0 unspecified atom stereocenters. The Labute approximate surface area is 200 Å². The second kappa shape index (κ2) is 9.75. The third-order valence-electron chi connectivity index (χ3n) is 11.8. The number of aliphatic hydroxyl groups excluding tert-OH is 1.